The quantitative estimate of drug-likeness (QED) is 0.827. The standard InChI is InChI=1S/C16H22N2O/c1-11(2)14-6-5-13-15(18-14)4-3-7-16(13)10-17-8-12(16)9-19/h5-6,9,11-12,17H,3-4,7-8,10H2,1-2H3/t12-,16+/m0/s1. The summed E-state index contributed by atoms with van der Waals surface area (Å²) in [6.45, 7) is 6.10. The van der Waals surface area contributed by atoms with Crippen molar-refractivity contribution in [2.75, 3.05) is 13.1 Å². The van der Waals surface area contributed by atoms with Crippen molar-refractivity contribution in [2.45, 2.75) is 44.4 Å². The molecule has 0 aromatic carbocycles. The zero-order valence-corrected chi connectivity index (χ0v) is 11.8. The average Bonchev–Trinajstić information content (AvgIpc) is 2.82. The van der Waals surface area contributed by atoms with Crippen molar-refractivity contribution in [3.63, 3.8) is 0 Å². The van der Waals surface area contributed by atoms with E-state index in [1.54, 1.807) is 0 Å². The molecule has 0 saturated carbocycles. The van der Waals surface area contributed by atoms with E-state index in [1.165, 1.54) is 17.0 Å². The maximum absolute atomic E-state index is 11.4. The van der Waals surface area contributed by atoms with Gasteiger partial charge in [0.25, 0.3) is 0 Å². The summed E-state index contributed by atoms with van der Waals surface area (Å²) in [6.07, 6.45) is 4.46. The Kier molecular flexibility index (Phi) is 3.17. The number of nitrogens with zero attached hydrogens (tertiary/aromatic N) is 1. The number of fused-ring (bicyclic) bond motifs is 2. The average molecular weight is 258 g/mol. The molecule has 1 N–H and O–H groups in total. The lowest BCUT2D eigenvalue weighted by Gasteiger charge is -2.37. The van der Waals surface area contributed by atoms with Gasteiger partial charge < -0.3 is 10.1 Å². The molecule has 0 bridgehead atoms. The Hall–Kier alpha value is -1.22. The molecule has 2 atom stereocenters. The highest BCUT2D eigenvalue weighted by atomic mass is 16.1. The molecular formula is C16H22N2O. The fraction of sp³-hybridized carbons (Fsp3) is 0.625. The van der Waals surface area contributed by atoms with Crippen LogP contribution in [0.15, 0.2) is 12.1 Å². The van der Waals surface area contributed by atoms with Crippen molar-refractivity contribution in [1.82, 2.24) is 10.3 Å². The molecule has 0 unspecified atom stereocenters. The molecule has 102 valence electrons. The molecule has 1 spiro atoms. The second-order valence-electron chi connectivity index (χ2n) is 6.27. The summed E-state index contributed by atoms with van der Waals surface area (Å²) in [5, 5.41) is 3.40. The van der Waals surface area contributed by atoms with E-state index < -0.39 is 0 Å². The van der Waals surface area contributed by atoms with Crippen molar-refractivity contribution in [2.24, 2.45) is 5.92 Å². The first kappa shape index (κ1) is 12.8. The van der Waals surface area contributed by atoms with Crippen LogP contribution in [-0.4, -0.2) is 24.4 Å². The molecule has 2 heterocycles. The number of aldehydes is 1. The Labute approximate surface area is 114 Å². The smallest absolute Gasteiger partial charge is 0.125 e. The summed E-state index contributed by atoms with van der Waals surface area (Å²) in [5.41, 5.74) is 3.74. The van der Waals surface area contributed by atoms with Gasteiger partial charge in [0.15, 0.2) is 0 Å². The van der Waals surface area contributed by atoms with Crippen LogP contribution in [0.1, 0.15) is 49.6 Å². The van der Waals surface area contributed by atoms with Crippen molar-refractivity contribution in [3.05, 3.63) is 29.1 Å². The molecule has 1 aliphatic heterocycles. The van der Waals surface area contributed by atoms with E-state index in [4.69, 9.17) is 4.98 Å². The minimum absolute atomic E-state index is 0.0117. The number of hydrogen-bond donors (Lipinski definition) is 1. The number of hydrogen-bond acceptors (Lipinski definition) is 3. The second kappa shape index (κ2) is 4.71. The normalized spacial score (nSPS) is 29.7. The summed E-state index contributed by atoms with van der Waals surface area (Å²) >= 11 is 0. The Morgan fingerprint density at radius 3 is 3.05 bits per heavy atom. The van der Waals surface area contributed by atoms with Gasteiger partial charge in [-0.3, -0.25) is 4.98 Å². The first-order valence-electron chi connectivity index (χ1n) is 7.33. The number of carbonyl (C=O) groups is 1. The van der Waals surface area contributed by atoms with Crippen molar-refractivity contribution in [1.29, 1.82) is 0 Å². The molecule has 2 aliphatic rings. The van der Waals surface area contributed by atoms with Crippen LogP contribution in [0.2, 0.25) is 0 Å². The maximum Gasteiger partial charge on any atom is 0.125 e. The van der Waals surface area contributed by atoms with Gasteiger partial charge in [-0.15, -0.1) is 0 Å². The van der Waals surface area contributed by atoms with Gasteiger partial charge in [0, 0.05) is 35.8 Å². The van der Waals surface area contributed by atoms with Crippen LogP contribution in [0.3, 0.4) is 0 Å². The zero-order valence-electron chi connectivity index (χ0n) is 11.8. The van der Waals surface area contributed by atoms with E-state index in [9.17, 15) is 4.79 Å². The molecule has 3 nitrogen and oxygen atoms in total. The van der Waals surface area contributed by atoms with E-state index >= 15 is 0 Å². The predicted molar refractivity (Wildman–Crippen MR) is 75.4 cm³/mol. The number of aromatic nitrogens is 1. The van der Waals surface area contributed by atoms with Gasteiger partial charge in [0.2, 0.25) is 0 Å². The summed E-state index contributed by atoms with van der Waals surface area (Å²) in [5.74, 6) is 0.574. The predicted octanol–water partition coefficient (Wildman–Crippen LogP) is 2.20. The van der Waals surface area contributed by atoms with Gasteiger partial charge in [0.1, 0.15) is 6.29 Å². The van der Waals surface area contributed by atoms with Crippen LogP contribution in [0.25, 0.3) is 0 Å². The molecule has 0 amide bonds. The maximum atomic E-state index is 11.4. The number of aryl methyl sites for hydroxylation is 1. The molecule has 1 aromatic heterocycles. The molecular weight excluding hydrogens is 236 g/mol. The summed E-state index contributed by atoms with van der Waals surface area (Å²) in [7, 11) is 0. The molecule has 3 rings (SSSR count). The Morgan fingerprint density at radius 1 is 1.47 bits per heavy atom. The third kappa shape index (κ3) is 1.91. The number of nitrogens with one attached hydrogen (secondary N) is 1. The van der Waals surface area contributed by atoms with E-state index in [0.717, 1.165) is 38.6 Å². The fourth-order valence-electron chi connectivity index (χ4n) is 3.71. The molecule has 3 heteroatoms. The van der Waals surface area contributed by atoms with Crippen molar-refractivity contribution >= 4 is 6.29 Å². The SMILES string of the molecule is CC(C)c1ccc2c(n1)CCC[C@]21CNC[C@H]1C=O. The molecule has 1 aliphatic carbocycles. The number of pyridine rings is 1. The highest BCUT2D eigenvalue weighted by Crippen LogP contribution is 2.44. The van der Waals surface area contributed by atoms with E-state index in [1.807, 2.05) is 0 Å². The zero-order chi connectivity index (χ0) is 13.5. The van der Waals surface area contributed by atoms with Crippen LogP contribution in [0, 0.1) is 5.92 Å². The number of carbonyl (C=O) groups excluding carboxylic acids is 1. The van der Waals surface area contributed by atoms with Crippen LogP contribution in [0.5, 0.6) is 0 Å². The highest BCUT2D eigenvalue weighted by molar-refractivity contribution is 5.60. The fourth-order valence-corrected chi connectivity index (χ4v) is 3.71. The third-order valence-corrected chi connectivity index (χ3v) is 4.84. The van der Waals surface area contributed by atoms with E-state index in [0.29, 0.717) is 5.92 Å². The van der Waals surface area contributed by atoms with Crippen LogP contribution in [0.4, 0.5) is 0 Å². The summed E-state index contributed by atoms with van der Waals surface area (Å²) in [4.78, 5) is 16.3. The van der Waals surface area contributed by atoms with Gasteiger partial charge in [-0.2, -0.15) is 0 Å². The number of rotatable bonds is 2. The summed E-state index contributed by atoms with van der Waals surface area (Å²) < 4.78 is 0. The van der Waals surface area contributed by atoms with Crippen molar-refractivity contribution < 1.29 is 4.79 Å². The molecule has 1 fully saturated rings. The van der Waals surface area contributed by atoms with Gasteiger partial charge in [0.05, 0.1) is 0 Å². The monoisotopic (exact) mass is 258 g/mol. The lowest BCUT2D eigenvalue weighted by Crippen LogP contribution is -2.39. The first-order valence-corrected chi connectivity index (χ1v) is 7.33. The Balaban J connectivity index is 2.07. The van der Waals surface area contributed by atoms with Crippen LogP contribution in [-0.2, 0) is 16.6 Å². The second-order valence-corrected chi connectivity index (χ2v) is 6.27. The molecule has 0 radical (unpaired) electrons. The van der Waals surface area contributed by atoms with Gasteiger partial charge in [-0.1, -0.05) is 19.9 Å². The Bertz CT molecular complexity index is 498. The van der Waals surface area contributed by atoms with Gasteiger partial charge in [-0.25, -0.2) is 0 Å². The topological polar surface area (TPSA) is 42.0 Å². The van der Waals surface area contributed by atoms with E-state index in [-0.39, 0.29) is 11.3 Å². The largest absolute Gasteiger partial charge is 0.315 e. The lowest BCUT2D eigenvalue weighted by atomic mass is 9.66. The van der Waals surface area contributed by atoms with Crippen molar-refractivity contribution in [3.8, 4) is 0 Å². The van der Waals surface area contributed by atoms with Crippen LogP contribution < -0.4 is 5.32 Å². The Morgan fingerprint density at radius 2 is 2.32 bits per heavy atom. The first-order chi connectivity index (χ1) is 9.17. The highest BCUT2D eigenvalue weighted by Gasteiger charge is 2.46. The van der Waals surface area contributed by atoms with Crippen LogP contribution >= 0.6 is 0 Å². The molecule has 1 aromatic rings. The third-order valence-electron chi connectivity index (χ3n) is 4.84. The van der Waals surface area contributed by atoms with Gasteiger partial charge in [-0.05, 0) is 36.8 Å². The van der Waals surface area contributed by atoms with E-state index in [2.05, 4.69) is 31.3 Å². The lowest BCUT2D eigenvalue weighted by molar-refractivity contribution is -0.112. The summed E-state index contributed by atoms with van der Waals surface area (Å²) in [6, 6.07) is 4.39. The van der Waals surface area contributed by atoms with Gasteiger partial charge >= 0.3 is 0 Å². The minimum atomic E-state index is 0.0117. The molecule has 1 saturated heterocycles. The molecule has 19 heavy (non-hydrogen) atoms. The minimum Gasteiger partial charge on any atom is -0.315 e.